The Hall–Kier alpha value is -1.79. The van der Waals surface area contributed by atoms with Gasteiger partial charge in [-0.3, -0.25) is 4.79 Å². The average Bonchev–Trinajstić information content (AvgIpc) is 3.13. The molecule has 3 rings (SSSR count). The molecule has 5 nitrogen and oxygen atoms in total. The first-order valence-electron chi connectivity index (χ1n) is 6.62. The largest absolute Gasteiger partial charge is 0.465 e. The molecule has 0 N–H and O–H groups in total. The highest BCUT2D eigenvalue weighted by Crippen LogP contribution is 2.47. The Morgan fingerprint density at radius 1 is 1.45 bits per heavy atom. The Balaban J connectivity index is 2.00. The maximum atomic E-state index is 12.7. The molecule has 0 atom stereocenters. The Morgan fingerprint density at radius 2 is 2.18 bits per heavy atom. The number of nitrogens with zero attached hydrogens (tertiary/aromatic N) is 1. The van der Waals surface area contributed by atoms with Crippen LogP contribution < -0.4 is 4.90 Å². The molecule has 0 unspecified atom stereocenters. The molecule has 2 aromatic heterocycles. The highest BCUT2D eigenvalue weighted by atomic mass is 35.5. The summed E-state index contributed by atoms with van der Waals surface area (Å²) >= 11 is 7.07. The van der Waals surface area contributed by atoms with Crippen molar-refractivity contribution in [2.24, 2.45) is 0 Å². The van der Waals surface area contributed by atoms with Crippen LogP contribution in [-0.2, 0) is 21.5 Å². The lowest BCUT2D eigenvalue weighted by Crippen LogP contribution is -2.35. The zero-order chi connectivity index (χ0) is 16.1. The summed E-state index contributed by atoms with van der Waals surface area (Å²) in [5.41, 5.74) is 0.880. The number of esters is 1. The van der Waals surface area contributed by atoms with Gasteiger partial charge in [0.1, 0.15) is 4.88 Å². The molecule has 0 saturated heterocycles. The molecule has 1 amide bonds. The molecule has 1 aliphatic rings. The number of halogens is 1. The number of methoxy groups -OCH3 is 1. The lowest BCUT2D eigenvalue weighted by atomic mass is 9.93. The topological polar surface area (TPSA) is 59.8 Å². The first kappa shape index (κ1) is 15.1. The van der Waals surface area contributed by atoms with E-state index in [2.05, 4.69) is 0 Å². The van der Waals surface area contributed by atoms with Crippen LogP contribution in [0.15, 0.2) is 22.8 Å². The molecule has 1 aliphatic heterocycles. The second kappa shape index (κ2) is 5.14. The number of amides is 1. The summed E-state index contributed by atoms with van der Waals surface area (Å²) in [6, 6.07) is 3.38. The number of anilines is 1. The highest BCUT2D eigenvalue weighted by Gasteiger charge is 2.46. The standard InChI is InChI=1S/C15H14ClNO4S/c1-15(2)12-9(5-10(22-12)13(18)20-3)17(14(15)19)6-8-4-11(16)21-7-8/h4-5,7H,6H2,1-3H3. The first-order valence-corrected chi connectivity index (χ1v) is 7.81. The summed E-state index contributed by atoms with van der Waals surface area (Å²) in [6.07, 6.45) is 1.52. The van der Waals surface area contributed by atoms with Crippen molar-refractivity contribution >= 4 is 40.5 Å². The van der Waals surface area contributed by atoms with Crippen molar-refractivity contribution in [2.75, 3.05) is 12.0 Å². The third-order valence-electron chi connectivity index (χ3n) is 3.70. The van der Waals surface area contributed by atoms with Gasteiger partial charge in [0, 0.05) is 16.5 Å². The van der Waals surface area contributed by atoms with Crippen molar-refractivity contribution in [1.29, 1.82) is 0 Å². The van der Waals surface area contributed by atoms with Crippen molar-refractivity contribution in [3.8, 4) is 0 Å². The van der Waals surface area contributed by atoms with Gasteiger partial charge in [-0.05, 0) is 31.5 Å². The number of rotatable bonds is 3. The molecule has 0 aliphatic carbocycles. The van der Waals surface area contributed by atoms with Crippen molar-refractivity contribution < 1.29 is 18.7 Å². The van der Waals surface area contributed by atoms with Crippen LogP contribution in [-0.4, -0.2) is 19.0 Å². The smallest absolute Gasteiger partial charge is 0.348 e. The maximum absolute atomic E-state index is 12.7. The Morgan fingerprint density at radius 3 is 2.77 bits per heavy atom. The molecule has 0 bridgehead atoms. The van der Waals surface area contributed by atoms with Gasteiger partial charge in [0.15, 0.2) is 5.22 Å². The number of fused-ring (bicyclic) bond motifs is 1. The number of carbonyl (C=O) groups excluding carboxylic acids is 2. The van der Waals surface area contributed by atoms with Gasteiger partial charge in [0.05, 0.1) is 31.0 Å². The summed E-state index contributed by atoms with van der Waals surface area (Å²) in [4.78, 5) is 27.4. The van der Waals surface area contributed by atoms with E-state index >= 15 is 0 Å². The Labute approximate surface area is 136 Å². The van der Waals surface area contributed by atoms with E-state index < -0.39 is 11.4 Å². The molecule has 0 fully saturated rings. The molecule has 3 heterocycles. The third-order valence-corrected chi connectivity index (χ3v) is 5.33. The number of thiophene rings is 1. The highest BCUT2D eigenvalue weighted by molar-refractivity contribution is 7.15. The second-order valence-corrected chi connectivity index (χ2v) is 7.02. The third kappa shape index (κ3) is 2.23. The fourth-order valence-corrected chi connectivity index (χ4v) is 3.90. The predicted octanol–water partition coefficient (Wildman–Crippen LogP) is 3.61. The normalized spacial score (nSPS) is 16.0. The number of carbonyl (C=O) groups is 2. The van der Waals surface area contributed by atoms with Crippen LogP contribution >= 0.6 is 22.9 Å². The quantitative estimate of drug-likeness (QED) is 0.801. The van der Waals surface area contributed by atoms with E-state index in [-0.39, 0.29) is 11.1 Å². The SMILES string of the molecule is COC(=O)c1cc2c(s1)C(C)(C)C(=O)N2Cc1coc(Cl)c1. The predicted molar refractivity (Wildman–Crippen MR) is 83.6 cm³/mol. The number of ether oxygens (including phenoxy) is 1. The molecule has 0 saturated carbocycles. The van der Waals surface area contributed by atoms with Crippen LogP contribution in [0.25, 0.3) is 0 Å². The second-order valence-electron chi connectivity index (χ2n) is 5.59. The number of furan rings is 1. The van der Waals surface area contributed by atoms with Crippen LogP contribution in [0.2, 0.25) is 5.22 Å². The fraction of sp³-hybridized carbons (Fsp3) is 0.333. The summed E-state index contributed by atoms with van der Waals surface area (Å²) in [5, 5.41) is 0.279. The van der Waals surface area contributed by atoms with Gasteiger partial charge in [0.25, 0.3) is 0 Å². The Kier molecular flexibility index (Phi) is 3.53. The maximum Gasteiger partial charge on any atom is 0.348 e. The van der Waals surface area contributed by atoms with E-state index in [1.807, 2.05) is 13.8 Å². The van der Waals surface area contributed by atoms with Crippen molar-refractivity contribution in [3.63, 3.8) is 0 Å². The van der Waals surface area contributed by atoms with Crippen molar-refractivity contribution in [1.82, 2.24) is 0 Å². The summed E-state index contributed by atoms with van der Waals surface area (Å²) in [6.45, 7) is 4.06. The fourth-order valence-electron chi connectivity index (χ4n) is 2.54. The van der Waals surface area contributed by atoms with Crippen LogP contribution in [0.1, 0.15) is 34.0 Å². The summed E-state index contributed by atoms with van der Waals surface area (Å²) in [7, 11) is 1.34. The number of hydrogen-bond acceptors (Lipinski definition) is 5. The van der Waals surface area contributed by atoms with E-state index in [0.29, 0.717) is 11.4 Å². The van der Waals surface area contributed by atoms with Gasteiger partial charge >= 0.3 is 5.97 Å². The Bertz CT molecular complexity index is 761. The van der Waals surface area contributed by atoms with Crippen LogP contribution in [0, 0.1) is 0 Å². The summed E-state index contributed by atoms with van der Waals surface area (Å²) in [5.74, 6) is -0.406. The summed E-state index contributed by atoms with van der Waals surface area (Å²) < 4.78 is 9.83. The molecule has 116 valence electrons. The lowest BCUT2D eigenvalue weighted by molar-refractivity contribution is -0.122. The van der Waals surface area contributed by atoms with Gasteiger partial charge in [0.2, 0.25) is 5.91 Å². The van der Waals surface area contributed by atoms with E-state index in [4.69, 9.17) is 20.8 Å². The van der Waals surface area contributed by atoms with Gasteiger partial charge in [-0.2, -0.15) is 0 Å². The molecule has 2 aromatic rings. The van der Waals surface area contributed by atoms with Crippen LogP contribution in [0.4, 0.5) is 5.69 Å². The van der Waals surface area contributed by atoms with E-state index in [0.717, 1.165) is 16.1 Å². The lowest BCUT2D eigenvalue weighted by Gasteiger charge is -2.20. The zero-order valence-electron chi connectivity index (χ0n) is 12.3. The molecule has 7 heteroatoms. The van der Waals surface area contributed by atoms with Crippen LogP contribution in [0.5, 0.6) is 0 Å². The van der Waals surface area contributed by atoms with Gasteiger partial charge < -0.3 is 14.1 Å². The number of hydrogen-bond donors (Lipinski definition) is 0. The van der Waals surface area contributed by atoms with Gasteiger partial charge in [-0.15, -0.1) is 11.3 Å². The molecule has 0 spiro atoms. The minimum atomic E-state index is -0.667. The van der Waals surface area contributed by atoms with E-state index in [1.165, 1.54) is 24.7 Å². The van der Waals surface area contributed by atoms with E-state index in [1.54, 1.807) is 17.0 Å². The molecule has 22 heavy (non-hydrogen) atoms. The van der Waals surface area contributed by atoms with Crippen molar-refractivity contribution in [3.05, 3.63) is 38.9 Å². The van der Waals surface area contributed by atoms with Crippen LogP contribution in [0.3, 0.4) is 0 Å². The molecular weight excluding hydrogens is 326 g/mol. The van der Waals surface area contributed by atoms with E-state index in [9.17, 15) is 9.59 Å². The van der Waals surface area contributed by atoms with Gasteiger partial charge in [-0.25, -0.2) is 4.79 Å². The minimum absolute atomic E-state index is 0.0116. The molecular formula is C15H14ClNO4S. The monoisotopic (exact) mass is 339 g/mol. The zero-order valence-corrected chi connectivity index (χ0v) is 13.9. The first-order chi connectivity index (χ1) is 10.3. The molecule has 0 aromatic carbocycles. The molecule has 0 radical (unpaired) electrons. The van der Waals surface area contributed by atoms with Gasteiger partial charge in [-0.1, -0.05) is 0 Å². The average molecular weight is 340 g/mol. The van der Waals surface area contributed by atoms with Crippen molar-refractivity contribution in [2.45, 2.75) is 25.8 Å². The minimum Gasteiger partial charge on any atom is -0.465 e.